The maximum absolute atomic E-state index is 13.0. The van der Waals surface area contributed by atoms with Crippen molar-refractivity contribution in [3.8, 4) is 5.75 Å². The number of nitrogen functional groups attached to an aromatic ring is 1. The van der Waals surface area contributed by atoms with Gasteiger partial charge in [-0.1, -0.05) is 18.2 Å². The highest BCUT2D eigenvalue weighted by atomic mass is 32.2. The molecule has 1 amide bonds. The first-order valence-corrected chi connectivity index (χ1v) is 11.7. The van der Waals surface area contributed by atoms with E-state index >= 15 is 0 Å². The Bertz CT molecular complexity index is 1130. The molecule has 0 bridgehead atoms. The van der Waals surface area contributed by atoms with E-state index in [-0.39, 0.29) is 5.91 Å². The first-order chi connectivity index (χ1) is 16.1. The van der Waals surface area contributed by atoms with Crippen molar-refractivity contribution in [3.05, 3.63) is 72.3 Å². The number of nitrogens with one attached hydrogen (secondary N) is 1. The lowest BCUT2D eigenvalue weighted by atomic mass is 10.1. The molecule has 7 nitrogen and oxygen atoms in total. The number of benzene rings is 3. The molecular weight excluding hydrogens is 454 g/mol. The monoisotopic (exact) mass is 479 g/mol. The molecule has 1 aliphatic heterocycles. The number of methoxy groups -OCH3 is 1. The topological polar surface area (TPSA) is 83.2 Å². The van der Waals surface area contributed by atoms with Gasteiger partial charge in [-0.05, 0) is 60.5 Å². The van der Waals surface area contributed by atoms with Crippen LogP contribution in [0.25, 0.3) is 0 Å². The van der Waals surface area contributed by atoms with Gasteiger partial charge in [-0.25, -0.2) is 0 Å². The van der Waals surface area contributed by atoms with Crippen molar-refractivity contribution >= 4 is 53.0 Å². The number of carbonyl (C=O) groups is 1. The predicted molar refractivity (Wildman–Crippen MR) is 137 cm³/mol. The minimum atomic E-state index is 0.0388. The summed E-state index contributed by atoms with van der Waals surface area (Å²) in [4.78, 5) is 18.0. The Kier molecular flexibility index (Phi) is 7.31. The average Bonchev–Trinajstić information content (AvgIpc) is 2.87. The normalized spacial score (nSPS) is 13.5. The van der Waals surface area contributed by atoms with Crippen LogP contribution in [0.5, 0.6) is 5.75 Å². The van der Waals surface area contributed by atoms with Crippen LogP contribution in [0.3, 0.4) is 0 Å². The lowest BCUT2D eigenvalue weighted by molar-refractivity contribution is 0.0746. The Hall–Kier alpha value is -3.30. The minimum absolute atomic E-state index is 0.0388. The molecule has 3 aromatic rings. The van der Waals surface area contributed by atoms with E-state index in [0.29, 0.717) is 30.0 Å². The number of amides is 1. The molecule has 0 aliphatic carbocycles. The van der Waals surface area contributed by atoms with E-state index in [1.165, 1.54) is 11.9 Å². The molecule has 0 unspecified atom stereocenters. The molecule has 0 radical (unpaired) electrons. The second kappa shape index (κ2) is 10.5. The van der Waals surface area contributed by atoms with E-state index in [0.717, 1.165) is 35.1 Å². The second-order valence-corrected chi connectivity index (χ2v) is 8.55. The number of anilines is 3. The van der Waals surface area contributed by atoms with Crippen LogP contribution >= 0.6 is 11.9 Å². The molecule has 1 saturated heterocycles. The van der Waals surface area contributed by atoms with Gasteiger partial charge in [0.2, 0.25) is 0 Å². The van der Waals surface area contributed by atoms with Crippen LogP contribution in [0.1, 0.15) is 10.4 Å². The van der Waals surface area contributed by atoms with Crippen molar-refractivity contribution in [2.45, 2.75) is 4.90 Å². The van der Waals surface area contributed by atoms with Gasteiger partial charge in [-0.15, -0.1) is 0 Å². The molecule has 1 heterocycles. The fraction of sp³-hybridized carbons (Fsp3) is 0.208. The van der Waals surface area contributed by atoms with Crippen LogP contribution in [-0.4, -0.2) is 44.1 Å². The van der Waals surface area contributed by atoms with Gasteiger partial charge in [0.25, 0.3) is 5.91 Å². The van der Waals surface area contributed by atoms with Crippen LogP contribution in [0.2, 0.25) is 0 Å². The van der Waals surface area contributed by atoms with Crippen molar-refractivity contribution < 1.29 is 9.53 Å². The Morgan fingerprint density at radius 3 is 2.45 bits per heavy atom. The summed E-state index contributed by atoms with van der Waals surface area (Å²) in [7, 11) is 1.68. The van der Waals surface area contributed by atoms with Crippen molar-refractivity contribution in [3.63, 3.8) is 0 Å². The summed E-state index contributed by atoms with van der Waals surface area (Å²) in [6.07, 6.45) is 0. The molecule has 0 aromatic heterocycles. The van der Waals surface area contributed by atoms with E-state index in [1.807, 2.05) is 59.5 Å². The highest BCUT2D eigenvalue weighted by Crippen LogP contribution is 2.35. The zero-order valence-corrected chi connectivity index (χ0v) is 19.9. The predicted octanol–water partition coefficient (Wildman–Crippen LogP) is 4.72. The van der Waals surface area contributed by atoms with Gasteiger partial charge in [-0.2, -0.15) is 4.36 Å². The summed E-state index contributed by atoms with van der Waals surface area (Å²) in [5.74, 6) is 0.891. The van der Waals surface area contributed by atoms with E-state index < -0.39 is 0 Å². The van der Waals surface area contributed by atoms with Crippen LogP contribution in [0.15, 0.2) is 76.0 Å². The number of piperazine rings is 1. The molecule has 0 atom stereocenters. The van der Waals surface area contributed by atoms with E-state index in [1.54, 1.807) is 13.2 Å². The summed E-state index contributed by atoms with van der Waals surface area (Å²) in [6, 6.07) is 21.0. The van der Waals surface area contributed by atoms with Crippen molar-refractivity contribution in [1.29, 1.82) is 0 Å². The number of para-hydroxylation sites is 2. The molecule has 3 aromatic carbocycles. The van der Waals surface area contributed by atoms with Gasteiger partial charge in [-0.3, -0.25) is 4.79 Å². The van der Waals surface area contributed by atoms with Gasteiger partial charge in [0.15, 0.2) is 0 Å². The van der Waals surface area contributed by atoms with E-state index in [2.05, 4.69) is 20.1 Å². The molecule has 9 heteroatoms. The summed E-state index contributed by atoms with van der Waals surface area (Å²) in [5, 5.41) is 0. The SMILES string of the molecule is COc1ccccc1N1CCN(C(=O)c2ccc(NSc3cccc(N)c3N=S)cc2)CC1. The standard InChI is InChI=1S/C24H25N5O2S2/c1-31-21-7-3-2-6-20(21)28-13-15-29(16-14-28)24(30)17-9-11-18(12-10-17)27-33-22-8-4-5-19(25)23(22)26-32/h2-12,27H,13-16,25H2,1H3. The first kappa shape index (κ1) is 22.9. The van der Waals surface area contributed by atoms with Crippen LogP contribution in [-0.2, 0) is 12.4 Å². The minimum Gasteiger partial charge on any atom is -0.495 e. The molecule has 0 spiro atoms. The quantitative estimate of drug-likeness (QED) is 0.375. The van der Waals surface area contributed by atoms with E-state index in [9.17, 15) is 4.79 Å². The fourth-order valence-electron chi connectivity index (χ4n) is 3.74. The highest BCUT2D eigenvalue weighted by molar-refractivity contribution is 8.00. The van der Waals surface area contributed by atoms with Crippen molar-refractivity contribution in [2.24, 2.45) is 4.36 Å². The Morgan fingerprint density at radius 1 is 1.03 bits per heavy atom. The van der Waals surface area contributed by atoms with Crippen LogP contribution < -0.4 is 20.1 Å². The summed E-state index contributed by atoms with van der Waals surface area (Å²) in [6.45, 7) is 2.85. The number of ether oxygens (including phenoxy) is 1. The first-order valence-electron chi connectivity index (χ1n) is 10.5. The largest absolute Gasteiger partial charge is 0.495 e. The summed E-state index contributed by atoms with van der Waals surface area (Å²) < 4.78 is 12.6. The number of nitrogens with zero attached hydrogens (tertiary/aromatic N) is 3. The number of hydrogen-bond donors (Lipinski definition) is 2. The molecule has 4 rings (SSSR count). The smallest absolute Gasteiger partial charge is 0.253 e. The molecule has 0 saturated carbocycles. The Morgan fingerprint density at radius 2 is 1.76 bits per heavy atom. The zero-order valence-electron chi connectivity index (χ0n) is 18.2. The maximum atomic E-state index is 13.0. The molecule has 1 fully saturated rings. The van der Waals surface area contributed by atoms with E-state index in [4.69, 9.17) is 22.9 Å². The van der Waals surface area contributed by atoms with Gasteiger partial charge in [0.1, 0.15) is 11.4 Å². The van der Waals surface area contributed by atoms with Gasteiger partial charge in [0, 0.05) is 49.9 Å². The second-order valence-electron chi connectivity index (χ2n) is 7.52. The number of hydrogen-bond acceptors (Lipinski definition) is 8. The van der Waals surface area contributed by atoms with Gasteiger partial charge >= 0.3 is 0 Å². The number of carbonyl (C=O) groups excluding carboxylic acids is 1. The van der Waals surface area contributed by atoms with Crippen LogP contribution in [0.4, 0.5) is 22.7 Å². The number of nitrogens with two attached hydrogens (primary N) is 1. The molecule has 3 N–H and O–H groups in total. The number of rotatable bonds is 7. The lowest BCUT2D eigenvalue weighted by Crippen LogP contribution is -2.48. The Labute approximate surface area is 203 Å². The molecule has 33 heavy (non-hydrogen) atoms. The Balaban J connectivity index is 1.34. The fourth-order valence-corrected chi connectivity index (χ4v) is 4.77. The highest BCUT2D eigenvalue weighted by Gasteiger charge is 2.23. The third kappa shape index (κ3) is 5.20. The third-order valence-electron chi connectivity index (χ3n) is 5.52. The molecular formula is C24H25N5O2S2. The lowest BCUT2D eigenvalue weighted by Gasteiger charge is -2.36. The van der Waals surface area contributed by atoms with Gasteiger partial charge < -0.3 is 25.0 Å². The van der Waals surface area contributed by atoms with Crippen molar-refractivity contribution in [2.75, 3.05) is 48.6 Å². The summed E-state index contributed by atoms with van der Waals surface area (Å²) in [5.41, 5.74) is 9.66. The van der Waals surface area contributed by atoms with Crippen LogP contribution in [0, 0.1) is 0 Å². The van der Waals surface area contributed by atoms with Gasteiger partial charge in [0.05, 0.1) is 23.4 Å². The van der Waals surface area contributed by atoms with Crippen molar-refractivity contribution in [1.82, 2.24) is 4.90 Å². The third-order valence-corrected chi connectivity index (χ3v) is 6.59. The average molecular weight is 480 g/mol. The zero-order chi connectivity index (χ0) is 23.2. The summed E-state index contributed by atoms with van der Waals surface area (Å²) >= 11 is 6.21. The molecule has 1 aliphatic rings. The maximum Gasteiger partial charge on any atom is 0.253 e. The molecule has 170 valence electrons.